The van der Waals surface area contributed by atoms with Crippen molar-refractivity contribution >= 4 is 17.3 Å². The Kier molecular flexibility index (Phi) is 5.34. The van der Waals surface area contributed by atoms with Gasteiger partial charge in [0.15, 0.2) is 0 Å². The van der Waals surface area contributed by atoms with Gasteiger partial charge in [0.25, 0.3) is 5.56 Å². The second kappa shape index (κ2) is 6.36. The van der Waals surface area contributed by atoms with E-state index in [2.05, 4.69) is 10.4 Å². The van der Waals surface area contributed by atoms with E-state index in [1.165, 1.54) is 4.68 Å². The van der Waals surface area contributed by atoms with Crippen LogP contribution in [0.5, 0.6) is 0 Å². The van der Waals surface area contributed by atoms with Crippen molar-refractivity contribution in [2.24, 2.45) is 5.73 Å². The molecule has 1 aromatic heterocycles. The molecule has 0 unspecified atom stereocenters. The first-order valence-corrected chi connectivity index (χ1v) is 6.51. The SMILES string of the molecule is CN(C)CCn1ncc(NCC(C)(C)N)c(Cl)c1=O. The zero-order valence-electron chi connectivity index (χ0n) is 11.9. The van der Waals surface area contributed by atoms with E-state index in [9.17, 15) is 4.79 Å². The maximum Gasteiger partial charge on any atom is 0.287 e. The van der Waals surface area contributed by atoms with E-state index in [0.717, 1.165) is 6.54 Å². The van der Waals surface area contributed by atoms with Gasteiger partial charge in [-0.3, -0.25) is 4.79 Å². The Balaban J connectivity index is 2.83. The number of aromatic nitrogens is 2. The summed E-state index contributed by atoms with van der Waals surface area (Å²) in [4.78, 5) is 14.0. The van der Waals surface area contributed by atoms with Crippen LogP contribution in [0.3, 0.4) is 0 Å². The first-order valence-electron chi connectivity index (χ1n) is 6.14. The second-order valence-corrected chi connectivity index (χ2v) is 5.92. The Morgan fingerprint density at radius 3 is 2.68 bits per heavy atom. The molecule has 1 aromatic rings. The number of likely N-dealkylation sites (N-methyl/N-ethyl adjacent to an activating group) is 1. The molecule has 19 heavy (non-hydrogen) atoms. The first-order chi connectivity index (χ1) is 8.70. The summed E-state index contributed by atoms with van der Waals surface area (Å²) in [5, 5.41) is 7.29. The van der Waals surface area contributed by atoms with Gasteiger partial charge in [0, 0.05) is 18.6 Å². The molecule has 108 valence electrons. The lowest BCUT2D eigenvalue weighted by Gasteiger charge is -2.20. The molecular formula is C12H22ClN5O. The maximum absolute atomic E-state index is 12.0. The van der Waals surface area contributed by atoms with Crippen molar-refractivity contribution in [2.45, 2.75) is 25.9 Å². The molecule has 1 heterocycles. The van der Waals surface area contributed by atoms with Crippen LogP contribution in [0.15, 0.2) is 11.0 Å². The standard InChI is InChI=1S/C12H22ClN5O/c1-12(2,14)8-15-9-7-16-18(6-5-17(3)4)11(19)10(9)13/h7,15H,5-6,8,14H2,1-4H3. The lowest BCUT2D eigenvalue weighted by atomic mass is 10.1. The van der Waals surface area contributed by atoms with E-state index in [1.54, 1.807) is 6.20 Å². The van der Waals surface area contributed by atoms with Gasteiger partial charge in [0.2, 0.25) is 0 Å². The molecule has 0 spiro atoms. The summed E-state index contributed by atoms with van der Waals surface area (Å²) < 4.78 is 1.36. The highest BCUT2D eigenvalue weighted by atomic mass is 35.5. The van der Waals surface area contributed by atoms with E-state index in [1.807, 2.05) is 32.8 Å². The number of nitrogens with one attached hydrogen (secondary N) is 1. The van der Waals surface area contributed by atoms with Crippen molar-refractivity contribution in [1.82, 2.24) is 14.7 Å². The Hall–Kier alpha value is -1.11. The van der Waals surface area contributed by atoms with Crippen molar-refractivity contribution in [3.05, 3.63) is 21.6 Å². The molecule has 0 amide bonds. The number of hydrogen-bond donors (Lipinski definition) is 2. The number of halogens is 1. The van der Waals surface area contributed by atoms with Gasteiger partial charge >= 0.3 is 0 Å². The molecular weight excluding hydrogens is 266 g/mol. The number of rotatable bonds is 6. The Morgan fingerprint density at radius 1 is 1.53 bits per heavy atom. The first kappa shape index (κ1) is 15.9. The molecule has 0 fully saturated rings. The molecule has 0 radical (unpaired) electrons. The van der Waals surface area contributed by atoms with E-state index < -0.39 is 0 Å². The molecule has 3 N–H and O–H groups in total. The Bertz CT molecular complexity index is 478. The summed E-state index contributed by atoms with van der Waals surface area (Å²) in [7, 11) is 3.87. The summed E-state index contributed by atoms with van der Waals surface area (Å²) in [6.45, 7) is 5.52. The monoisotopic (exact) mass is 287 g/mol. The summed E-state index contributed by atoms with van der Waals surface area (Å²) >= 11 is 6.05. The third kappa shape index (κ3) is 5.18. The minimum absolute atomic E-state index is 0.151. The van der Waals surface area contributed by atoms with Crippen LogP contribution in [0.4, 0.5) is 5.69 Å². The predicted octanol–water partition coefficient (Wildman–Crippen LogP) is 0.608. The zero-order chi connectivity index (χ0) is 14.6. The fraction of sp³-hybridized carbons (Fsp3) is 0.667. The molecule has 0 saturated heterocycles. The molecule has 0 aliphatic rings. The average Bonchev–Trinajstić information content (AvgIpc) is 2.28. The largest absolute Gasteiger partial charge is 0.381 e. The number of nitrogens with zero attached hydrogens (tertiary/aromatic N) is 3. The lowest BCUT2D eigenvalue weighted by Crippen LogP contribution is -2.40. The maximum atomic E-state index is 12.0. The van der Waals surface area contributed by atoms with Gasteiger partial charge in [0.1, 0.15) is 5.02 Å². The van der Waals surface area contributed by atoms with Crippen LogP contribution in [-0.4, -0.2) is 47.4 Å². The van der Waals surface area contributed by atoms with Crippen LogP contribution in [-0.2, 0) is 6.54 Å². The molecule has 6 nitrogen and oxygen atoms in total. The van der Waals surface area contributed by atoms with Crippen LogP contribution in [0.2, 0.25) is 5.02 Å². The fourth-order valence-corrected chi connectivity index (χ4v) is 1.58. The lowest BCUT2D eigenvalue weighted by molar-refractivity contribution is 0.367. The van der Waals surface area contributed by atoms with Gasteiger partial charge in [-0.1, -0.05) is 11.6 Å². The average molecular weight is 288 g/mol. The molecule has 0 aliphatic heterocycles. The van der Waals surface area contributed by atoms with Gasteiger partial charge in [-0.25, -0.2) is 4.68 Å². The number of hydrogen-bond acceptors (Lipinski definition) is 5. The van der Waals surface area contributed by atoms with E-state index in [4.69, 9.17) is 17.3 Å². The van der Waals surface area contributed by atoms with Crippen molar-refractivity contribution in [3.63, 3.8) is 0 Å². The van der Waals surface area contributed by atoms with Gasteiger partial charge in [0.05, 0.1) is 18.4 Å². The molecule has 0 saturated carbocycles. The van der Waals surface area contributed by atoms with E-state index >= 15 is 0 Å². The third-order valence-electron chi connectivity index (χ3n) is 2.48. The molecule has 0 aliphatic carbocycles. The van der Waals surface area contributed by atoms with Crippen molar-refractivity contribution < 1.29 is 0 Å². The predicted molar refractivity (Wildman–Crippen MR) is 78.8 cm³/mol. The van der Waals surface area contributed by atoms with Crippen LogP contribution < -0.4 is 16.6 Å². The summed E-state index contributed by atoms with van der Waals surface area (Å²) in [6.07, 6.45) is 1.56. The smallest absolute Gasteiger partial charge is 0.287 e. The zero-order valence-corrected chi connectivity index (χ0v) is 12.7. The summed E-state index contributed by atoms with van der Waals surface area (Å²) in [5.41, 5.74) is 5.71. The minimum Gasteiger partial charge on any atom is -0.381 e. The quantitative estimate of drug-likeness (QED) is 0.802. The summed E-state index contributed by atoms with van der Waals surface area (Å²) in [5.74, 6) is 0. The van der Waals surface area contributed by atoms with Crippen molar-refractivity contribution in [1.29, 1.82) is 0 Å². The van der Waals surface area contributed by atoms with Gasteiger partial charge in [-0.05, 0) is 27.9 Å². The fourth-order valence-electron chi connectivity index (χ4n) is 1.37. The number of anilines is 1. The van der Waals surface area contributed by atoms with Crippen LogP contribution in [0, 0.1) is 0 Å². The highest BCUT2D eigenvalue weighted by Crippen LogP contribution is 2.15. The third-order valence-corrected chi connectivity index (χ3v) is 2.84. The van der Waals surface area contributed by atoms with Crippen molar-refractivity contribution in [3.8, 4) is 0 Å². The highest BCUT2D eigenvalue weighted by molar-refractivity contribution is 6.32. The molecule has 0 bridgehead atoms. The van der Waals surface area contributed by atoms with Crippen LogP contribution >= 0.6 is 11.6 Å². The van der Waals surface area contributed by atoms with Gasteiger partial charge in [-0.15, -0.1) is 0 Å². The van der Waals surface area contributed by atoms with E-state index in [0.29, 0.717) is 18.8 Å². The van der Waals surface area contributed by atoms with E-state index in [-0.39, 0.29) is 16.1 Å². The minimum atomic E-state index is -0.386. The normalized spacial score (nSPS) is 11.9. The van der Waals surface area contributed by atoms with Crippen LogP contribution in [0.25, 0.3) is 0 Å². The van der Waals surface area contributed by atoms with Crippen LogP contribution in [0.1, 0.15) is 13.8 Å². The molecule has 0 aromatic carbocycles. The van der Waals surface area contributed by atoms with Crippen molar-refractivity contribution in [2.75, 3.05) is 32.5 Å². The molecule has 7 heteroatoms. The number of nitrogens with two attached hydrogens (primary N) is 1. The Morgan fingerprint density at radius 2 is 2.16 bits per heavy atom. The Labute approximate surface area is 118 Å². The van der Waals surface area contributed by atoms with Gasteiger partial charge < -0.3 is 16.0 Å². The highest BCUT2D eigenvalue weighted by Gasteiger charge is 2.13. The molecule has 0 atom stereocenters. The summed E-state index contributed by atoms with van der Waals surface area (Å²) in [6, 6.07) is 0. The second-order valence-electron chi connectivity index (χ2n) is 5.55. The molecule has 1 rings (SSSR count). The topological polar surface area (TPSA) is 76.2 Å². The van der Waals surface area contributed by atoms with Gasteiger partial charge in [-0.2, -0.15) is 5.10 Å².